The molecule has 1 aliphatic heterocycles. The minimum atomic E-state index is 0.0532. The van der Waals surface area contributed by atoms with Gasteiger partial charge in [0.15, 0.2) is 0 Å². The highest BCUT2D eigenvalue weighted by molar-refractivity contribution is 5.60. The third kappa shape index (κ3) is 3.26. The van der Waals surface area contributed by atoms with Crippen molar-refractivity contribution in [2.45, 2.75) is 19.6 Å². The number of aliphatic hydroxyl groups is 1. The first-order chi connectivity index (χ1) is 10.3. The molecule has 2 heterocycles. The van der Waals surface area contributed by atoms with E-state index in [1.165, 1.54) is 0 Å². The molecule has 0 amide bonds. The van der Waals surface area contributed by atoms with Crippen LogP contribution < -0.4 is 5.32 Å². The SMILES string of the molecule is Cc1nc(-c2ccc(CO)cc2)cc([C@@H]2COCCN2)n1. The van der Waals surface area contributed by atoms with E-state index in [1.807, 2.05) is 37.3 Å². The van der Waals surface area contributed by atoms with Crippen LogP contribution in [0.1, 0.15) is 23.1 Å². The maximum Gasteiger partial charge on any atom is 0.126 e. The van der Waals surface area contributed by atoms with Gasteiger partial charge in [-0.15, -0.1) is 0 Å². The Kier molecular flexibility index (Phi) is 4.24. The lowest BCUT2D eigenvalue weighted by molar-refractivity contribution is 0.0755. The van der Waals surface area contributed by atoms with Gasteiger partial charge in [0.25, 0.3) is 0 Å². The Bertz CT molecular complexity index is 607. The molecule has 0 aliphatic carbocycles. The van der Waals surface area contributed by atoms with Crippen molar-refractivity contribution in [3.05, 3.63) is 47.4 Å². The van der Waals surface area contributed by atoms with Crippen LogP contribution >= 0.6 is 0 Å². The molecule has 110 valence electrons. The second kappa shape index (κ2) is 6.30. The lowest BCUT2D eigenvalue weighted by atomic mass is 10.1. The molecule has 0 saturated carbocycles. The zero-order valence-electron chi connectivity index (χ0n) is 12.0. The van der Waals surface area contributed by atoms with Crippen LogP contribution in [0, 0.1) is 6.92 Å². The van der Waals surface area contributed by atoms with Crippen LogP contribution in [-0.4, -0.2) is 34.8 Å². The zero-order valence-corrected chi connectivity index (χ0v) is 12.0. The Balaban J connectivity index is 1.92. The number of rotatable bonds is 3. The smallest absolute Gasteiger partial charge is 0.126 e. The molecule has 0 spiro atoms. The molecular weight excluding hydrogens is 266 g/mol. The van der Waals surface area contributed by atoms with Gasteiger partial charge in [0.2, 0.25) is 0 Å². The van der Waals surface area contributed by atoms with E-state index in [1.54, 1.807) is 0 Å². The molecule has 1 atom stereocenters. The first-order valence-electron chi connectivity index (χ1n) is 7.13. The quantitative estimate of drug-likeness (QED) is 0.896. The van der Waals surface area contributed by atoms with Crippen molar-refractivity contribution in [3.63, 3.8) is 0 Å². The van der Waals surface area contributed by atoms with E-state index in [4.69, 9.17) is 9.84 Å². The van der Waals surface area contributed by atoms with Gasteiger partial charge in [-0.05, 0) is 18.6 Å². The van der Waals surface area contributed by atoms with Gasteiger partial charge in [-0.1, -0.05) is 24.3 Å². The Labute approximate surface area is 124 Å². The van der Waals surface area contributed by atoms with E-state index >= 15 is 0 Å². The highest BCUT2D eigenvalue weighted by Crippen LogP contribution is 2.22. The average Bonchev–Trinajstić information content (AvgIpc) is 2.55. The van der Waals surface area contributed by atoms with Gasteiger partial charge in [-0.3, -0.25) is 0 Å². The van der Waals surface area contributed by atoms with Gasteiger partial charge in [-0.2, -0.15) is 0 Å². The molecule has 2 aromatic rings. The van der Waals surface area contributed by atoms with Gasteiger partial charge in [0.1, 0.15) is 5.82 Å². The van der Waals surface area contributed by atoms with Gasteiger partial charge in [0.05, 0.1) is 37.3 Å². The maximum absolute atomic E-state index is 9.11. The average molecular weight is 285 g/mol. The van der Waals surface area contributed by atoms with Crippen molar-refractivity contribution in [1.29, 1.82) is 0 Å². The summed E-state index contributed by atoms with van der Waals surface area (Å²) in [6, 6.07) is 9.90. The van der Waals surface area contributed by atoms with Crippen LogP contribution in [0.5, 0.6) is 0 Å². The third-order valence-corrected chi connectivity index (χ3v) is 3.57. The van der Waals surface area contributed by atoms with E-state index in [0.29, 0.717) is 6.61 Å². The van der Waals surface area contributed by atoms with E-state index in [9.17, 15) is 0 Å². The zero-order chi connectivity index (χ0) is 14.7. The van der Waals surface area contributed by atoms with Crippen molar-refractivity contribution >= 4 is 0 Å². The highest BCUT2D eigenvalue weighted by atomic mass is 16.5. The maximum atomic E-state index is 9.11. The Morgan fingerprint density at radius 2 is 2.10 bits per heavy atom. The van der Waals surface area contributed by atoms with Gasteiger partial charge in [0, 0.05) is 12.1 Å². The number of aryl methyl sites for hydroxylation is 1. The standard InChI is InChI=1S/C16H19N3O2/c1-11-18-14(13-4-2-12(9-20)3-5-13)8-15(19-11)16-10-21-7-6-17-16/h2-5,8,16-17,20H,6-7,9-10H2,1H3/t16-/m0/s1. The molecular formula is C16H19N3O2. The van der Waals surface area contributed by atoms with E-state index in [0.717, 1.165) is 41.5 Å². The van der Waals surface area contributed by atoms with Crippen molar-refractivity contribution in [1.82, 2.24) is 15.3 Å². The Morgan fingerprint density at radius 1 is 1.29 bits per heavy atom. The van der Waals surface area contributed by atoms with Crippen LogP contribution in [-0.2, 0) is 11.3 Å². The van der Waals surface area contributed by atoms with Crippen LogP contribution in [0.25, 0.3) is 11.3 Å². The predicted molar refractivity (Wildman–Crippen MR) is 79.7 cm³/mol. The minimum absolute atomic E-state index is 0.0532. The lowest BCUT2D eigenvalue weighted by Gasteiger charge is -2.23. The fourth-order valence-electron chi connectivity index (χ4n) is 2.45. The van der Waals surface area contributed by atoms with Gasteiger partial charge < -0.3 is 15.2 Å². The summed E-state index contributed by atoms with van der Waals surface area (Å²) in [5.74, 6) is 0.751. The second-order valence-corrected chi connectivity index (χ2v) is 5.16. The molecule has 1 saturated heterocycles. The summed E-state index contributed by atoms with van der Waals surface area (Å²) in [6.45, 7) is 4.18. The molecule has 2 N–H and O–H groups in total. The summed E-state index contributed by atoms with van der Waals surface area (Å²) in [6.07, 6.45) is 0. The van der Waals surface area contributed by atoms with Crippen molar-refractivity contribution in [2.75, 3.05) is 19.8 Å². The molecule has 3 rings (SSSR count). The number of ether oxygens (including phenoxy) is 1. The monoisotopic (exact) mass is 285 g/mol. The van der Waals surface area contributed by atoms with Gasteiger partial charge >= 0.3 is 0 Å². The number of hydrogen-bond donors (Lipinski definition) is 2. The number of aliphatic hydroxyl groups excluding tert-OH is 1. The second-order valence-electron chi connectivity index (χ2n) is 5.16. The fourth-order valence-corrected chi connectivity index (χ4v) is 2.45. The Hall–Kier alpha value is -1.82. The highest BCUT2D eigenvalue weighted by Gasteiger charge is 2.18. The van der Waals surface area contributed by atoms with Crippen LogP contribution in [0.15, 0.2) is 30.3 Å². The number of nitrogens with one attached hydrogen (secondary N) is 1. The Morgan fingerprint density at radius 3 is 2.76 bits per heavy atom. The number of aromatic nitrogens is 2. The molecule has 1 aromatic heterocycles. The predicted octanol–water partition coefficient (Wildman–Crippen LogP) is 1.61. The molecule has 1 fully saturated rings. The van der Waals surface area contributed by atoms with Crippen LogP contribution in [0.2, 0.25) is 0 Å². The molecule has 5 nitrogen and oxygen atoms in total. The molecule has 0 bridgehead atoms. The lowest BCUT2D eigenvalue weighted by Crippen LogP contribution is -2.35. The molecule has 1 aliphatic rings. The van der Waals surface area contributed by atoms with Crippen molar-refractivity contribution in [2.24, 2.45) is 0 Å². The first-order valence-corrected chi connectivity index (χ1v) is 7.13. The van der Waals surface area contributed by atoms with Crippen LogP contribution in [0.4, 0.5) is 0 Å². The number of hydrogen-bond acceptors (Lipinski definition) is 5. The normalized spacial score (nSPS) is 18.7. The topological polar surface area (TPSA) is 67.3 Å². The summed E-state index contributed by atoms with van der Waals surface area (Å²) in [5.41, 5.74) is 3.78. The van der Waals surface area contributed by atoms with Crippen molar-refractivity contribution in [3.8, 4) is 11.3 Å². The first kappa shape index (κ1) is 14.1. The molecule has 21 heavy (non-hydrogen) atoms. The molecule has 1 aromatic carbocycles. The summed E-state index contributed by atoms with van der Waals surface area (Å²) >= 11 is 0. The summed E-state index contributed by atoms with van der Waals surface area (Å²) < 4.78 is 5.50. The largest absolute Gasteiger partial charge is 0.392 e. The number of morpholine rings is 1. The van der Waals surface area contributed by atoms with E-state index in [2.05, 4.69) is 15.3 Å². The molecule has 0 unspecified atom stereocenters. The minimum Gasteiger partial charge on any atom is -0.392 e. The van der Waals surface area contributed by atoms with Crippen LogP contribution in [0.3, 0.4) is 0 Å². The molecule has 5 heteroatoms. The van der Waals surface area contributed by atoms with E-state index < -0.39 is 0 Å². The molecule has 0 radical (unpaired) electrons. The summed E-state index contributed by atoms with van der Waals surface area (Å²) in [5, 5.41) is 12.5. The van der Waals surface area contributed by atoms with E-state index in [-0.39, 0.29) is 12.6 Å². The number of nitrogens with zero attached hydrogens (tertiary/aromatic N) is 2. The summed E-state index contributed by atoms with van der Waals surface area (Å²) in [4.78, 5) is 9.04. The number of benzene rings is 1. The third-order valence-electron chi connectivity index (χ3n) is 3.57. The van der Waals surface area contributed by atoms with Crippen molar-refractivity contribution < 1.29 is 9.84 Å². The van der Waals surface area contributed by atoms with Gasteiger partial charge in [-0.25, -0.2) is 9.97 Å². The fraction of sp³-hybridized carbons (Fsp3) is 0.375. The summed E-state index contributed by atoms with van der Waals surface area (Å²) in [7, 11) is 0.